The predicted octanol–water partition coefficient (Wildman–Crippen LogP) is 3.37. The smallest absolute Gasteiger partial charge is 0.244 e. The minimum absolute atomic E-state index is 0.0775. The zero-order valence-corrected chi connectivity index (χ0v) is 14.5. The van der Waals surface area contributed by atoms with Crippen LogP contribution in [0.5, 0.6) is 0 Å². The summed E-state index contributed by atoms with van der Waals surface area (Å²) in [5.74, 6) is -0.425. The zero-order valence-electron chi connectivity index (χ0n) is 14.5. The number of aromatic nitrogens is 3. The van der Waals surface area contributed by atoms with Gasteiger partial charge in [-0.15, -0.1) is 0 Å². The summed E-state index contributed by atoms with van der Waals surface area (Å²) in [6, 6.07) is 7.89. The molecule has 1 aromatic carbocycles. The van der Waals surface area contributed by atoms with Crippen LogP contribution < -0.4 is 5.73 Å². The molecule has 1 aliphatic rings. The van der Waals surface area contributed by atoms with Gasteiger partial charge in [-0.1, -0.05) is 18.2 Å². The third-order valence-corrected chi connectivity index (χ3v) is 4.71. The zero-order chi connectivity index (χ0) is 18.1. The predicted molar refractivity (Wildman–Crippen MR) is 100 cm³/mol. The van der Waals surface area contributed by atoms with Gasteiger partial charge in [-0.05, 0) is 37.5 Å². The minimum Gasteiger partial charge on any atom is -0.373 e. The van der Waals surface area contributed by atoms with Crippen molar-refractivity contribution < 1.29 is 9.53 Å². The van der Waals surface area contributed by atoms with Crippen molar-refractivity contribution in [1.29, 1.82) is 0 Å². The van der Waals surface area contributed by atoms with Crippen LogP contribution in [-0.4, -0.2) is 27.5 Å². The van der Waals surface area contributed by atoms with E-state index in [1.54, 1.807) is 19.3 Å². The maximum absolute atomic E-state index is 11.3. The van der Waals surface area contributed by atoms with Gasteiger partial charge in [0.2, 0.25) is 5.91 Å². The van der Waals surface area contributed by atoms with Gasteiger partial charge < -0.3 is 15.5 Å². The number of nitrogens with zero attached hydrogens (tertiary/aromatic N) is 2. The Bertz CT molecular complexity index is 1000. The van der Waals surface area contributed by atoms with E-state index in [-0.39, 0.29) is 6.10 Å². The molecule has 6 heteroatoms. The molecule has 0 aliphatic carbocycles. The second-order valence-electron chi connectivity index (χ2n) is 6.51. The molecule has 1 unspecified atom stereocenters. The fourth-order valence-corrected chi connectivity index (χ4v) is 3.38. The lowest BCUT2D eigenvalue weighted by Gasteiger charge is -2.10. The molecule has 1 fully saturated rings. The molecule has 26 heavy (non-hydrogen) atoms. The number of carbonyl (C=O) groups excluding carboxylic acids is 1. The number of carbonyl (C=O) groups is 1. The van der Waals surface area contributed by atoms with Crippen LogP contribution >= 0.6 is 0 Å². The molecule has 1 atom stereocenters. The standard InChI is InChI=1S/C20H20N4O2/c1-12(19(21)25)8-13-4-2-5-14(9-13)18-17-15(16-6-3-7-26-16)10-22-20(17)24-11-23-18/h2,4-5,8-11,16H,3,6-7H2,1H3,(H2,21,25)(H,22,23,24). The number of fused-ring (bicyclic) bond motifs is 1. The molecule has 3 aromatic rings. The number of rotatable bonds is 4. The summed E-state index contributed by atoms with van der Waals surface area (Å²) in [7, 11) is 0. The largest absolute Gasteiger partial charge is 0.373 e. The third-order valence-electron chi connectivity index (χ3n) is 4.71. The van der Waals surface area contributed by atoms with Gasteiger partial charge in [0.25, 0.3) is 0 Å². The molecular weight excluding hydrogens is 328 g/mol. The van der Waals surface area contributed by atoms with Crippen LogP contribution in [0.1, 0.15) is 37.0 Å². The summed E-state index contributed by atoms with van der Waals surface area (Å²) in [6.07, 6.45) is 7.45. The molecule has 0 saturated carbocycles. The second-order valence-corrected chi connectivity index (χ2v) is 6.51. The summed E-state index contributed by atoms with van der Waals surface area (Å²) >= 11 is 0. The third kappa shape index (κ3) is 2.99. The highest BCUT2D eigenvalue weighted by Crippen LogP contribution is 2.37. The number of hydrogen-bond donors (Lipinski definition) is 2. The Kier molecular flexibility index (Phi) is 4.26. The molecule has 3 heterocycles. The normalized spacial score (nSPS) is 17.7. The Labute approximate surface area is 151 Å². The molecule has 0 spiro atoms. The van der Waals surface area contributed by atoms with Crippen molar-refractivity contribution in [1.82, 2.24) is 15.0 Å². The number of hydrogen-bond acceptors (Lipinski definition) is 4. The van der Waals surface area contributed by atoms with E-state index in [0.29, 0.717) is 5.57 Å². The first-order valence-electron chi connectivity index (χ1n) is 8.65. The van der Waals surface area contributed by atoms with E-state index in [1.807, 2.05) is 30.5 Å². The topological polar surface area (TPSA) is 93.9 Å². The van der Waals surface area contributed by atoms with Gasteiger partial charge in [-0.3, -0.25) is 4.79 Å². The highest BCUT2D eigenvalue weighted by atomic mass is 16.5. The highest BCUT2D eigenvalue weighted by Gasteiger charge is 2.23. The van der Waals surface area contributed by atoms with Crippen LogP contribution in [0.25, 0.3) is 28.4 Å². The average molecular weight is 348 g/mol. The molecule has 2 aromatic heterocycles. The summed E-state index contributed by atoms with van der Waals surface area (Å²) in [5, 5.41) is 0.993. The summed E-state index contributed by atoms with van der Waals surface area (Å²) < 4.78 is 5.86. The van der Waals surface area contributed by atoms with Crippen molar-refractivity contribution in [2.45, 2.75) is 25.9 Å². The lowest BCUT2D eigenvalue weighted by Crippen LogP contribution is -2.11. The van der Waals surface area contributed by atoms with E-state index in [4.69, 9.17) is 10.5 Å². The fraction of sp³-hybridized carbons (Fsp3) is 0.250. The van der Waals surface area contributed by atoms with E-state index in [9.17, 15) is 4.79 Å². The monoisotopic (exact) mass is 348 g/mol. The molecule has 1 saturated heterocycles. The van der Waals surface area contributed by atoms with Crippen LogP contribution in [0.4, 0.5) is 0 Å². The first kappa shape index (κ1) is 16.5. The van der Waals surface area contributed by atoms with Crippen LogP contribution in [0.2, 0.25) is 0 Å². The van der Waals surface area contributed by atoms with Crippen LogP contribution in [0.3, 0.4) is 0 Å². The Hall–Kier alpha value is -2.99. The Balaban J connectivity index is 1.83. The molecule has 0 bridgehead atoms. The number of benzene rings is 1. The molecule has 1 amide bonds. The molecule has 6 nitrogen and oxygen atoms in total. The quantitative estimate of drug-likeness (QED) is 0.707. The fourth-order valence-electron chi connectivity index (χ4n) is 3.38. The Morgan fingerprint density at radius 1 is 1.38 bits per heavy atom. The average Bonchev–Trinajstić information content (AvgIpc) is 3.30. The van der Waals surface area contributed by atoms with E-state index in [0.717, 1.165) is 52.9 Å². The molecule has 1 aliphatic heterocycles. The van der Waals surface area contributed by atoms with Crippen LogP contribution in [0.15, 0.2) is 42.4 Å². The van der Waals surface area contributed by atoms with Gasteiger partial charge in [-0.25, -0.2) is 9.97 Å². The van der Waals surface area contributed by atoms with E-state index < -0.39 is 5.91 Å². The number of H-pyrrole nitrogens is 1. The number of nitrogens with one attached hydrogen (secondary N) is 1. The van der Waals surface area contributed by atoms with Crippen molar-refractivity contribution in [3.8, 4) is 11.3 Å². The number of ether oxygens (including phenoxy) is 1. The van der Waals surface area contributed by atoms with Crippen molar-refractivity contribution in [3.63, 3.8) is 0 Å². The van der Waals surface area contributed by atoms with E-state index in [1.165, 1.54) is 0 Å². The van der Waals surface area contributed by atoms with E-state index in [2.05, 4.69) is 15.0 Å². The summed E-state index contributed by atoms with van der Waals surface area (Å²) in [5.41, 5.74) is 10.5. The Morgan fingerprint density at radius 3 is 3.04 bits per heavy atom. The van der Waals surface area contributed by atoms with Gasteiger partial charge in [-0.2, -0.15) is 0 Å². The molecule has 0 radical (unpaired) electrons. The van der Waals surface area contributed by atoms with Crippen molar-refractivity contribution in [2.24, 2.45) is 5.73 Å². The van der Waals surface area contributed by atoms with Crippen molar-refractivity contribution in [3.05, 3.63) is 53.5 Å². The number of amides is 1. The van der Waals surface area contributed by atoms with Gasteiger partial charge in [0.1, 0.15) is 12.0 Å². The van der Waals surface area contributed by atoms with E-state index >= 15 is 0 Å². The second kappa shape index (κ2) is 6.72. The molecular formula is C20H20N4O2. The first-order valence-corrected chi connectivity index (χ1v) is 8.65. The molecule has 132 valence electrons. The Morgan fingerprint density at radius 2 is 2.27 bits per heavy atom. The highest BCUT2D eigenvalue weighted by molar-refractivity contribution is 5.97. The SMILES string of the molecule is CC(=Cc1cccc(-c2ncnc3[nH]cc(C4CCCO4)c23)c1)C(N)=O. The van der Waals surface area contributed by atoms with Gasteiger partial charge in [0.05, 0.1) is 17.2 Å². The summed E-state index contributed by atoms with van der Waals surface area (Å²) in [4.78, 5) is 23.4. The van der Waals surface area contributed by atoms with Crippen LogP contribution in [-0.2, 0) is 9.53 Å². The van der Waals surface area contributed by atoms with Gasteiger partial charge in [0.15, 0.2) is 0 Å². The minimum atomic E-state index is -0.425. The number of nitrogens with two attached hydrogens (primary N) is 1. The van der Waals surface area contributed by atoms with Crippen molar-refractivity contribution >= 4 is 23.0 Å². The first-order chi connectivity index (χ1) is 12.6. The van der Waals surface area contributed by atoms with Crippen LogP contribution in [0, 0.1) is 0 Å². The lowest BCUT2D eigenvalue weighted by atomic mass is 10.00. The molecule has 4 rings (SSSR count). The van der Waals surface area contributed by atoms with Crippen molar-refractivity contribution in [2.75, 3.05) is 6.61 Å². The lowest BCUT2D eigenvalue weighted by molar-refractivity contribution is -0.114. The number of aromatic amines is 1. The summed E-state index contributed by atoms with van der Waals surface area (Å²) in [6.45, 7) is 2.49. The van der Waals surface area contributed by atoms with Gasteiger partial charge >= 0.3 is 0 Å². The maximum atomic E-state index is 11.3. The number of primary amides is 1. The van der Waals surface area contributed by atoms with Gasteiger partial charge in [0, 0.05) is 29.5 Å². The maximum Gasteiger partial charge on any atom is 0.244 e. The molecule has 3 N–H and O–H groups in total.